The minimum absolute atomic E-state index is 0.416. The van der Waals surface area contributed by atoms with Crippen LogP contribution >= 0.6 is 15.9 Å². The fourth-order valence-corrected chi connectivity index (χ4v) is 7.04. The number of rotatable bonds is 4. The van der Waals surface area contributed by atoms with Gasteiger partial charge >= 0.3 is 0 Å². The number of nitrogens with zero attached hydrogens (tertiary/aromatic N) is 1. The molecule has 0 aromatic carbocycles. The van der Waals surface area contributed by atoms with E-state index in [2.05, 4.69) is 20.8 Å². The van der Waals surface area contributed by atoms with Crippen molar-refractivity contribution in [2.45, 2.75) is 57.8 Å². The monoisotopic (exact) mass is 353 g/mol. The number of hydrogen-bond acceptors (Lipinski definition) is 1. The van der Waals surface area contributed by atoms with Gasteiger partial charge in [0.05, 0.1) is 0 Å². The van der Waals surface area contributed by atoms with Gasteiger partial charge in [0.1, 0.15) is 0 Å². The Bertz CT molecular complexity index is 386. The zero-order valence-electron chi connectivity index (χ0n) is 13.0. The molecular formula is C18H28BrNO. The minimum Gasteiger partial charge on any atom is -0.342 e. The van der Waals surface area contributed by atoms with Crippen molar-refractivity contribution >= 4 is 21.8 Å². The summed E-state index contributed by atoms with van der Waals surface area (Å²) in [5.74, 6) is 4.11. The highest BCUT2D eigenvalue weighted by Gasteiger charge is 2.51. The maximum absolute atomic E-state index is 12.8. The summed E-state index contributed by atoms with van der Waals surface area (Å²) in [6.07, 6.45) is 11.8. The van der Waals surface area contributed by atoms with E-state index in [1.54, 1.807) is 0 Å². The maximum atomic E-state index is 12.8. The van der Waals surface area contributed by atoms with Crippen LogP contribution in [-0.4, -0.2) is 29.2 Å². The summed E-state index contributed by atoms with van der Waals surface area (Å²) in [5.41, 5.74) is 0.416. The third-order valence-electron chi connectivity index (χ3n) is 6.85. The van der Waals surface area contributed by atoms with Crippen LogP contribution < -0.4 is 0 Å². The highest BCUT2D eigenvalue weighted by molar-refractivity contribution is 9.09. The maximum Gasteiger partial charge on any atom is 0.223 e. The average Bonchev–Trinajstić information content (AvgIpc) is 2.85. The normalized spacial score (nSPS) is 44.5. The van der Waals surface area contributed by atoms with Crippen LogP contribution in [0.25, 0.3) is 0 Å². The van der Waals surface area contributed by atoms with Gasteiger partial charge in [-0.3, -0.25) is 4.79 Å². The predicted octanol–water partition coefficient (Wildman–Crippen LogP) is 4.23. The van der Waals surface area contributed by atoms with Gasteiger partial charge in [-0.05, 0) is 80.5 Å². The summed E-state index contributed by atoms with van der Waals surface area (Å²) in [4.78, 5) is 15.0. The molecule has 1 unspecified atom stereocenters. The molecule has 0 spiro atoms. The molecular weight excluding hydrogens is 326 g/mol. The van der Waals surface area contributed by atoms with Crippen molar-refractivity contribution in [1.29, 1.82) is 0 Å². The molecule has 1 heterocycles. The summed E-state index contributed by atoms with van der Waals surface area (Å²) in [5, 5.41) is 1.08. The molecule has 118 valence electrons. The fourth-order valence-electron chi connectivity index (χ4n) is 6.39. The van der Waals surface area contributed by atoms with Crippen LogP contribution in [0.3, 0.4) is 0 Å². The van der Waals surface area contributed by atoms with E-state index >= 15 is 0 Å². The largest absolute Gasteiger partial charge is 0.342 e. The van der Waals surface area contributed by atoms with Gasteiger partial charge in [-0.1, -0.05) is 15.9 Å². The molecule has 21 heavy (non-hydrogen) atoms. The Morgan fingerprint density at radius 3 is 2.29 bits per heavy atom. The van der Waals surface area contributed by atoms with Gasteiger partial charge in [0.15, 0.2) is 0 Å². The molecule has 0 radical (unpaired) electrons. The molecule has 5 aliphatic rings. The van der Waals surface area contributed by atoms with E-state index in [0.29, 0.717) is 11.3 Å². The Hall–Kier alpha value is -0.0500. The first-order valence-electron chi connectivity index (χ1n) is 8.99. The molecule has 3 heteroatoms. The lowest BCUT2D eigenvalue weighted by atomic mass is 9.49. The van der Waals surface area contributed by atoms with Crippen molar-refractivity contribution in [3.63, 3.8) is 0 Å². The first kappa shape index (κ1) is 14.5. The van der Waals surface area contributed by atoms with E-state index in [-0.39, 0.29) is 0 Å². The number of carbonyl (C=O) groups is 1. The topological polar surface area (TPSA) is 20.3 Å². The van der Waals surface area contributed by atoms with Crippen LogP contribution in [0.4, 0.5) is 0 Å². The summed E-state index contributed by atoms with van der Waals surface area (Å²) in [6.45, 7) is 2.04. The fraction of sp³-hybridized carbons (Fsp3) is 0.944. The van der Waals surface area contributed by atoms with Crippen molar-refractivity contribution in [2.75, 3.05) is 18.4 Å². The third-order valence-corrected chi connectivity index (χ3v) is 7.31. The molecule has 1 aliphatic heterocycles. The number of alkyl halides is 1. The highest BCUT2D eigenvalue weighted by atomic mass is 79.9. The second kappa shape index (κ2) is 5.54. The smallest absolute Gasteiger partial charge is 0.223 e. The van der Waals surface area contributed by atoms with Gasteiger partial charge in [0.25, 0.3) is 0 Å². The molecule has 5 rings (SSSR count). The Morgan fingerprint density at radius 2 is 1.71 bits per heavy atom. The molecule has 2 nitrogen and oxygen atoms in total. The molecule has 0 aromatic rings. The van der Waals surface area contributed by atoms with Crippen molar-refractivity contribution in [3.05, 3.63) is 0 Å². The number of halogens is 1. The highest BCUT2D eigenvalue weighted by Crippen LogP contribution is 2.61. The zero-order valence-corrected chi connectivity index (χ0v) is 14.6. The molecule has 4 bridgehead atoms. The quantitative estimate of drug-likeness (QED) is 0.692. The van der Waals surface area contributed by atoms with E-state index in [9.17, 15) is 4.79 Å². The second-order valence-electron chi connectivity index (χ2n) is 8.57. The first-order valence-corrected chi connectivity index (χ1v) is 10.1. The van der Waals surface area contributed by atoms with Gasteiger partial charge in [0.2, 0.25) is 5.91 Å². The van der Waals surface area contributed by atoms with Gasteiger partial charge in [-0.2, -0.15) is 0 Å². The molecule has 1 saturated heterocycles. The number of carbonyl (C=O) groups excluding carboxylic acids is 1. The van der Waals surface area contributed by atoms with E-state index in [1.807, 2.05) is 0 Å². The summed E-state index contributed by atoms with van der Waals surface area (Å²) < 4.78 is 0. The van der Waals surface area contributed by atoms with E-state index in [4.69, 9.17) is 0 Å². The number of likely N-dealkylation sites (tertiary alicyclic amines) is 1. The Labute approximate surface area is 137 Å². The molecule has 1 amide bonds. The van der Waals surface area contributed by atoms with Crippen LogP contribution in [0.1, 0.15) is 57.8 Å². The molecule has 1 atom stereocenters. The van der Waals surface area contributed by atoms with Crippen molar-refractivity contribution < 1.29 is 4.79 Å². The SMILES string of the molecule is O=C(CC12CC3CC(CC(C3)C1)C2)N1CCC(CCBr)C1. The van der Waals surface area contributed by atoms with E-state index < -0.39 is 0 Å². The lowest BCUT2D eigenvalue weighted by Crippen LogP contribution is -2.48. The number of amides is 1. The third kappa shape index (κ3) is 2.80. The van der Waals surface area contributed by atoms with Gasteiger partial charge in [0, 0.05) is 24.8 Å². The summed E-state index contributed by atoms with van der Waals surface area (Å²) in [7, 11) is 0. The van der Waals surface area contributed by atoms with Crippen LogP contribution in [0.15, 0.2) is 0 Å². The second-order valence-corrected chi connectivity index (χ2v) is 9.36. The van der Waals surface area contributed by atoms with Crippen LogP contribution in [0.2, 0.25) is 0 Å². The molecule has 4 saturated carbocycles. The van der Waals surface area contributed by atoms with Gasteiger partial charge < -0.3 is 4.90 Å². The zero-order chi connectivity index (χ0) is 14.4. The molecule has 5 fully saturated rings. The molecule has 0 aromatic heterocycles. The minimum atomic E-state index is 0.416. The Kier molecular flexibility index (Phi) is 3.84. The van der Waals surface area contributed by atoms with E-state index in [1.165, 1.54) is 51.4 Å². The van der Waals surface area contributed by atoms with Gasteiger partial charge in [-0.15, -0.1) is 0 Å². The van der Waals surface area contributed by atoms with Crippen molar-refractivity contribution in [3.8, 4) is 0 Å². The van der Waals surface area contributed by atoms with Crippen LogP contribution in [0, 0.1) is 29.1 Å². The lowest BCUT2D eigenvalue weighted by molar-refractivity contribution is -0.138. The lowest BCUT2D eigenvalue weighted by Gasteiger charge is -2.56. The average molecular weight is 354 g/mol. The van der Waals surface area contributed by atoms with Gasteiger partial charge in [-0.25, -0.2) is 0 Å². The molecule has 0 N–H and O–H groups in total. The first-order chi connectivity index (χ1) is 10.2. The number of hydrogen-bond donors (Lipinski definition) is 0. The predicted molar refractivity (Wildman–Crippen MR) is 88.3 cm³/mol. The van der Waals surface area contributed by atoms with E-state index in [0.717, 1.165) is 48.5 Å². The Balaban J connectivity index is 1.39. The summed E-state index contributed by atoms with van der Waals surface area (Å²) in [6, 6.07) is 0. The standard InChI is InChI=1S/C18H28BrNO/c19-3-1-13-2-4-20(12-13)17(21)11-18-8-14-5-15(9-18)7-16(6-14)10-18/h13-16H,1-12H2. The van der Waals surface area contributed by atoms with Crippen molar-refractivity contribution in [2.24, 2.45) is 29.1 Å². The summed E-state index contributed by atoms with van der Waals surface area (Å²) >= 11 is 3.54. The molecule has 4 aliphatic carbocycles. The Morgan fingerprint density at radius 1 is 1.10 bits per heavy atom. The van der Waals surface area contributed by atoms with Crippen molar-refractivity contribution in [1.82, 2.24) is 4.90 Å². The van der Waals surface area contributed by atoms with Crippen LogP contribution in [0.5, 0.6) is 0 Å². The van der Waals surface area contributed by atoms with Crippen LogP contribution in [-0.2, 0) is 4.79 Å².